The number of rotatable bonds is 17. The SMILES string of the molecule is C=c1nc2c(c(=O)[nH]1)=Nc1cc(C)c(C)cc1N2CC(Cc1ccccc1)N(C)C.C=c1nc2c(c(=O)[nH]1)=Nc1cc(C)c(C)cc1N2CC(N)Cc1ccccc1.Cc1cc2nc3c(=O)[nH]c(=O)nc-3n(CCCc3ccc(C)c(F)c3)c2cc1C.Cc1cc2nc3c(=O)[nH]c(=O)nc-3n(CCCc3ccc(F)c(C)c3)c2cc1C. The van der Waals surface area contributed by atoms with Gasteiger partial charge in [-0.3, -0.25) is 29.1 Å². The third-order valence-corrected chi connectivity index (χ3v) is 21.4. The normalized spacial score (nSPS) is 12.5. The molecule has 0 fully saturated rings. The monoisotopic (exact) mass is 1560 g/mol. The predicted octanol–water partition coefficient (Wildman–Crippen LogP) is 10.7. The number of aromatic amines is 4. The van der Waals surface area contributed by atoms with E-state index in [0.29, 0.717) is 94.5 Å². The van der Waals surface area contributed by atoms with Crippen LogP contribution < -0.4 is 70.8 Å². The van der Waals surface area contributed by atoms with Crippen LogP contribution in [-0.2, 0) is 38.8 Å². The Balaban J connectivity index is 0.000000135. The van der Waals surface area contributed by atoms with Crippen LogP contribution in [0.3, 0.4) is 0 Å². The summed E-state index contributed by atoms with van der Waals surface area (Å²) in [7, 11) is 4.17. The number of halogens is 2. The third kappa shape index (κ3) is 17.9. The van der Waals surface area contributed by atoms with Crippen LogP contribution >= 0.6 is 0 Å². The molecule has 0 saturated carbocycles. The van der Waals surface area contributed by atoms with Gasteiger partial charge in [-0.25, -0.2) is 48.3 Å². The number of aromatic nitrogens is 12. The minimum Gasteiger partial charge on any atom is -0.326 e. The number of aryl methyl sites for hydroxylation is 14. The second kappa shape index (κ2) is 34.2. The van der Waals surface area contributed by atoms with Gasteiger partial charge >= 0.3 is 11.4 Å². The van der Waals surface area contributed by atoms with Crippen LogP contribution in [-0.4, -0.2) is 103 Å². The molecule has 592 valence electrons. The molecule has 0 saturated heterocycles. The standard InChI is InChI=1S/C24H27N5O.2C22H21FN4O2.C22H23N5O/c1-15-11-20-21(12-16(15)2)29(23-22(27-20)24(30)26-17(3)25-23)14-19(28(4)5)13-18-9-7-6-8-10-18;1-12-10-17-18(11-13(12)2)27(20-19(24-17)21(28)26-22(29)25-20)8-4-5-15-6-7-16(23)14(3)9-15;1-12-6-7-15(11-16(12)23)5-4-8-27-18-10-14(3)13(2)9-17(18)24-19-20(27)25-22(29)26-21(19)28;1-13-9-18-19(10-14(13)2)27(12-17(23)11-16-7-5-4-6-8-16)21-20(26-18)22(28)25-15(3)24-21/h6-12,19H,3,13-14H2,1-2,4-5H3,(H,26,30);2*6-7,9-11H,4-5,8H2,1-3H3,(H,26,28,29);4-10,17H,3,11-12,23H2,1-2H3,(H,25,28). The Morgan fingerprint density at radius 3 is 1.30 bits per heavy atom. The van der Waals surface area contributed by atoms with Gasteiger partial charge in [-0.15, -0.1) is 0 Å². The Morgan fingerprint density at radius 2 is 0.845 bits per heavy atom. The van der Waals surface area contributed by atoms with Gasteiger partial charge in [-0.05, 0) is 260 Å². The number of hydrogen-bond donors (Lipinski definition) is 5. The van der Waals surface area contributed by atoms with Crippen molar-refractivity contribution in [3.05, 3.63) is 319 Å². The fourth-order valence-corrected chi connectivity index (χ4v) is 14.4. The first kappa shape index (κ1) is 80.8. The number of benzene rings is 8. The highest BCUT2D eigenvalue weighted by molar-refractivity contribution is 5.83. The molecule has 8 aromatic carbocycles. The molecule has 0 bridgehead atoms. The van der Waals surface area contributed by atoms with Crippen LogP contribution in [0, 0.1) is 80.9 Å². The summed E-state index contributed by atoms with van der Waals surface area (Å²) in [5.74, 6) is 1.19. The van der Waals surface area contributed by atoms with E-state index in [-0.39, 0.29) is 57.9 Å². The smallest absolute Gasteiger partial charge is 0.326 e. The van der Waals surface area contributed by atoms with E-state index in [1.165, 1.54) is 22.8 Å². The summed E-state index contributed by atoms with van der Waals surface area (Å²) in [6.07, 6.45) is 4.43. The molecule has 6 aliphatic heterocycles. The first-order chi connectivity index (χ1) is 55.4. The van der Waals surface area contributed by atoms with E-state index in [9.17, 15) is 37.5 Å². The van der Waals surface area contributed by atoms with E-state index in [4.69, 9.17) is 5.73 Å². The van der Waals surface area contributed by atoms with Crippen molar-refractivity contribution in [2.24, 2.45) is 15.7 Å². The summed E-state index contributed by atoms with van der Waals surface area (Å²) in [4.78, 5) is 125. The fraction of sp³-hybridized carbons (Fsp3) is 0.267. The molecule has 0 amide bonds. The molecule has 116 heavy (non-hydrogen) atoms. The van der Waals surface area contributed by atoms with Gasteiger partial charge in [0.05, 0.1) is 44.8 Å². The lowest BCUT2D eigenvalue weighted by Gasteiger charge is -2.34. The largest absolute Gasteiger partial charge is 0.349 e. The van der Waals surface area contributed by atoms with Crippen LogP contribution in [0.2, 0.25) is 0 Å². The molecular formula is C90H92F2N18O6. The predicted molar refractivity (Wildman–Crippen MR) is 453 cm³/mol. The number of nitrogens with two attached hydrogens (primary N) is 1. The quantitative estimate of drug-likeness (QED) is 0.0529. The van der Waals surface area contributed by atoms with Crippen molar-refractivity contribution in [1.29, 1.82) is 0 Å². The number of hydrogen-bond acceptors (Lipinski definition) is 18. The summed E-state index contributed by atoms with van der Waals surface area (Å²) in [6, 6.07) is 47.1. The van der Waals surface area contributed by atoms with Gasteiger partial charge in [-0.1, -0.05) is 98.1 Å². The second-order valence-corrected chi connectivity index (χ2v) is 30.3. The number of fused-ring (bicyclic) bond motifs is 8. The van der Waals surface area contributed by atoms with Crippen molar-refractivity contribution in [1.82, 2.24) is 63.9 Å². The van der Waals surface area contributed by atoms with Crippen LogP contribution in [0.4, 0.5) is 43.2 Å². The molecular weight excluding hydrogens is 1470 g/mol. The highest BCUT2D eigenvalue weighted by Gasteiger charge is 2.30. The molecule has 16 rings (SSSR count). The zero-order valence-electron chi connectivity index (χ0n) is 67.1. The van der Waals surface area contributed by atoms with E-state index in [2.05, 4.69) is 166 Å². The van der Waals surface area contributed by atoms with E-state index in [1.807, 2.05) is 121 Å². The molecule has 24 nitrogen and oxygen atoms in total. The molecule has 10 aromatic rings. The summed E-state index contributed by atoms with van der Waals surface area (Å²) < 4.78 is 31.1. The molecule has 6 N–H and O–H groups in total. The van der Waals surface area contributed by atoms with Crippen molar-refractivity contribution in [2.45, 2.75) is 133 Å². The molecule has 2 aromatic heterocycles. The van der Waals surface area contributed by atoms with Gasteiger partial charge in [0.2, 0.25) is 0 Å². The Morgan fingerprint density at radius 1 is 0.422 bits per heavy atom. The van der Waals surface area contributed by atoms with Crippen LogP contribution in [0.25, 0.3) is 58.3 Å². The minimum absolute atomic E-state index is 0.140. The number of H-pyrrole nitrogens is 4. The fourth-order valence-electron chi connectivity index (χ4n) is 14.4. The topological polar surface area (TPSA) is 313 Å². The van der Waals surface area contributed by atoms with Gasteiger partial charge < -0.3 is 39.5 Å². The van der Waals surface area contributed by atoms with Crippen molar-refractivity contribution < 1.29 is 8.78 Å². The summed E-state index contributed by atoms with van der Waals surface area (Å²) in [5.41, 5.74) is 25.4. The maximum atomic E-state index is 13.8. The summed E-state index contributed by atoms with van der Waals surface area (Å²) in [6.45, 7) is 29.6. The number of nitrogens with one attached hydrogen (secondary N) is 4. The van der Waals surface area contributed by atoms with Crippen LogP contribution in [0.5, 0.6) is 0 Å². The Hall–Kier alpha value is -13.2. The van der Waals surface area contributed by atoms with Gasteiger partial charge in [0, 0.05) is 38.3 Å². The van der Waals surface area contributed by atoms with Crippen molar-refractivity contribution in [2.75, 3.05) is 37.0 Å². The van der Waals surface area contributed by atoms with Crippen LogP contribution in [0.1, 0.15) is 90.7 Å². The van der Waals surface area contributed by atoms with E-state index in [0.717, 1.165) is 110 Å². The van der Waals surface area contributed by atoms with Gasteiger partial charge in [0.1, 0.15) is 22.6 Å². The van der Waals surface area contributed by atoms with Gasteiger partial charge in [0.25, 0.3) is 22.2 Å². The molecule has 0 radical (unpaired) electrons. The first-order valence-electron chi connectivity index (χ1n) is 38.4. The Kier molecular flexibility index (Phi) is 23.9. The molecule has 0 spiro atoms. The highest BCUT2D eigenvalue weighted by atomic mass is 19.1. The maximum absolute atomic E-state index is 13.8. The zero-order chi connectivity index (χ0) is 82.7. The average Bonchev–Trinajstić information content (AvgIpc) is 0.782. The van der Waals surface area contributed by atoms with Crippen molar-refractivity contribution >= 4 is 69.6 Å². The lowest BCUT2D eigenvalue weighted by molar-refractivity contribution is 0.296. The summed E-state index contributed by atoms with van der Waals surface area (Å²) >= 11 is 0. The van der Waals surface area contributed by atoms with Crippen molar-refractivity contribution in [3.8, 4) is 23.0 Å². The molecule has 0 aliphatic carbocycles. The van der Waals surface area contributed by atoms with E-state index < -0.39 is 22.5 Å². The summed E-state index contributed by atoms with van der Waals surface area (Å²) in [5, 5.41) is 0.644. The lowest BCUT2D eigenvalue weighted by atomic mass is 10.0. The number of anilines is 4. The molecule has 6 aliphatic rings. The molecule has 2 atom stereocenters. The molecule has 26 heteroatoms. The highest BCUT2D eigenvalue weighted by Crippen LogP contribution is 2.39. The Bertz CT molecular complexity index is 6490. The molecule has 8 heterocycles. The lowest BCUT2D eigenvalue weighted by Crippen LogP contribution is -2.47. The van der Waals surface area contributed by atoms with Crippen LogP contribution in [0.15, 0.2) is 184 Å². The second-order valence-electron chi connectivity index (χ2n) is 30.3. The van der Waals surface area contributed by atoms with E-state index >= 15 is 0 Å². The third-order valence-electron chi connectivity index (χ3n) is 21.4. The average molecular weight is 1560 g/mol. The first-order valence-corrected chi connectivity index (χ1v) is 38.4. The minimum atomic E-state index is -0.693. The van der Waals surface area contributed by atoms with E-state index in [1.54, 1.807) is 32.0 Å². The Labute approximate surface area is 666 Å². The van der Waals surface area contributed by atoms with Gasteiger partial charge in [0.15, 0.2) is 45.4 Å². The number of likely N-dealkylation sites (N-methyl/N-ethyl adjacent to an activating group) is 1. The zero-order valence-corrected chi connectivity index (χ0v) is 67.1. The molecule has 2 unspecified atom stereocenters. The van der Waals surface area contributed by atoms with Gasteiger partial charge in [-0.2, -0.15) is 9.97 Å². The van der Waals surface area contributed by atoms with Crippen molar-refractivity contribution in [3.63, 3.8) is 0 Å². The number of nitrogens with zero attached hydrogens (tertiary/aromatic N) is 13. The maximum Gasteiger partial charge on any atom is 0.349 e.